The fourth-order valence-electron chi connectivity index (χ4n) is 5.23. The van der Waals surface area contributed by atoms with Crippen LogP contribution in [-0.2, 0) is 0 Å². The molecule has 0 spiro atoms. The van der Waals surface area contributed by atoms with Crippen molar-refractivity contribution in [3.8, 4) is 15.6 Å². The molecule has 0 saturated carbocycles. The van der Waals surface area contributed by atoms with E-state index in [9.17, 15) is 0 Å². The van der Waals surface area contributed by atoms with E-state index in [1.54, 1.807) is 0 Å². The quantitative estimate of drug-likeness (QED) is 0.236. The predicted molar refractivity (Wildman–Crippen MR) is 155 cm³/mol. The van der Waals surface area contributed by atoms with Crippen LogP contribution in [0, 0.1) is 9.86 Å². The van der Waals surface area contributed by atoms with Crippen LogP contribution in [0.15, 0.2) is 24.3 Å². The first-order valence-electron chi connectivity index (χ1n) is 13.1. The van der Waals surface area contributed by atoms with Crippen molar-refractivity contribution in [1.82, 2.24) is 23.1 Å². The second-order valence-corrected chi connectivity index (χ2v) is 23.1. The van der Waals surface area contributed by atoms with Crippen molar-refractivity contribution in [3.05, 3.63) is 29.8 Å². The maximum absolute atomic E-state index is 6.66. The third-order valence-corrected chi connectivity index (χ3v) is 25.1. The molecule has 0 aromatic heterocycles. The minimum atomic E-state index is -3.36. The molecule has 1 aromatic carbocycles. The molecule has 200 valence electrons. The van der Waals surface area contributed by atoms with Crippen molar-refractivity contribution in [2.24, 2.45) is 0 Å². The SMILES string of the molecule is CC[N](CC)[Sn]([C]#Cc1ccc(O[Si](N(C)C)(N(C)C)N(C)C)cc1)([N](CC)CC)[N](CC)CC. The normalized spacial score (nSPS) is 12.9. The van der Waals surface area contributed by atoms with Crippen LogP contribution < -0.4 is 4.43 Å². The summed E-state index contributed by atoms with van der Waals surface area (Å²) in [6.07, 6.45) is 0. The Morgan fingerprint density at radius 3 is 1.26 bits per heavy atom. The fourth-order valence-corrected chi connectivity index (χ4v) is 21.8. The Hall–Kier alpha value is -0.644. The monoisotopic (exact) mass is 612 g/mol. The molecule has 1 aromatic rings. The van der Waals surface area contributed by atoms with E-state index >= 15 is 0 Å². The number of benzene rings is 1. The van der Waals surface area contributed by atoms with E-state index in [-0.39, 0.29) is 0 Å². The molecule has 0 aliphatic rings. The van der Waals surface area contributed by atoms with Gasteiger partial charge in [0.15, 0.2) is 0 Å². The predicted octanol–water partition coefficient (Wildman–Crippen LogP) is 3.04. The number of hydrogen-bond donors (Lipinski definition) is 0. The van der Waals surface area contributed by atoms with Gasteiger partial charge in [0.05, 0.1) is 0 Å². The first-order chi connectivity index (χ1) is 16.5. The Morgan fingerprint density at radius 2 is 0.971 bits per heavy atom. The number of nitrogens with zero attached hydrogens (tertiary/aromatic N) is 6. The van der Waals surface area contributed by atoms with Crippen LogP contribution >= 0.6 is 0 Å². The summed E-state index contributed by atoms with van der Waals surface area (Å²) in [4.78, 5) is 0. The molecule has 0 fully saturated rings. The van der Waals surface area contributed by atoms with E-state index in [1.165, 1.54) is 0 Å². The molecule has 35 heavy (non-hydrogen) atoms. The van der Waals surface area contributed by atoms with Gasteiger partial charge in [-0.2, -0.15) is 0 Å². The molecule has 0 N–H and O–H groups in total. The van der Waals surface area contributed by atoms with Crippen LogP contribution in [0.1, 0.15) is 47.1 Å². The van der Waals surface area contributed by atoms with E-state index in [2.05, 4.69) is 141 Å². The zero-order chi connectivity index (χ0) is 26.8. The molecule has 0 bridgehead atoms. The van der Waals surface area contributed by atoms with Gasteiger partial charge >= 0.3 is 224 Å². The van der Waals surface area contributed by atoms with Crippen LogP contribution in [0.5, 0.6) is 5.75 Å². The van der Waals surface area contributed by atoms with Gasteiger partial charge in [-0.05, 0) is 0 Å². The zero-order valence-electron chi connectivity index (χ0n) is 24.6. The first-order valence-corrected chi connectivity index (χ1v) is 20.2. The molecule has 0 amide bonds. The van der Waals surface area contributed by atoms with Crippen molar-refractivity contribution in [3.63, 3.8) is 0 Å². The summed E-state index contributed by atoms with van der Waals surface area (Å²) < 4.78 is 25.3. The minimum absolute atomic E-state index is 0.879. The standard InChI is InChI=1S/C14H22N3OSi.3C4H10N.Sn/c1-8-13-9-11-14(12-10-13)18-19(15(2)3,16(4)5)17(6)7;3*1-3-5-4-2;/h9-12H,2-7H3;3*3-4H2,1-2H3;/q;3*-1;+3. The van der Waals surface area contributed by atoms with Gasteiger partial charge in [-0.15, -0.1) is 0 Å². The Morgan fingerprint density at radius 1 is 0.629 bits per heavy atom. The first kappa shape index (κ1) is 32.4. The molecule has 0 unspecified atom stereocenters. The summed E-state index contributed by atoms with van der Waals surface area (Å²) in [6, 6.07) is 8.38. The number of rotatable bonds is 14. The third-order valence-electron chi connectivity index (χ3n) is 6.84. The second-order valence-electron chi connectivity index (χ2n) is 9.29. The van der Waals surface area contributed by atoms with Crippen molar-refractivity contribution in [2.75, 3.05) is 81.6 Å². The topological polar surface area (TPSA) is 28.7 Å². The summed E-state index contributed by atoms with van der Waals surface area (Å²) in [7, 11) is 10.1. The van der Waals surface area contributed by atoms with Crippen LogP contribution in [0.4, 0.5) is 0 Å². The number of hydrogen-bond acceptors (Lipinski definition) is 7. The average Bonchev–Trinajstić information content (AvgIpc) is 2.83. The summed E-state index contributed by atoms with van der Waals surface area (Å²) in [5.41, 5.74) is 1.05. The van der Waals surface area contributed by atoms with E-state index in [1.807, 2.05) is 0 Å². The van der Waals surface area contributed by atoms with Gasteiger partial charge in [0, 0.05) is 0 Å². The van der Waals surface area contributed by atoms with Crippen LogP contribution in [0.25, 0.3) is 0 Å². The molecule has 7 nitrogen and oxygen atoms in total. The third kappa shape index (κ3) is 7.02. The Kier molecular flexibility index (Phi) is 13.8. The molecule has 0 aliphatic carbocycles. The summed E-state index contributed by atoms with van der Waals surface area (Å²) in [6.45, 7) is 19.9. The van der Waals surface area contributed by atoms with Gasteiger partial charge in [-0.3, -0.25) is 0 Å². The molecule has 9 heteroatoms. The second kappa shape index (κ2) is 14.9. The summed E-state index contributed by atoms with van der Waals surface area (Å²) in [5.74, 6) is 4.51. The van der Waals surface area contributed by atoms with Crippen molar-refractivity contribution in [2.45, 2.75) is 41.5 Å². The van der Waals surface area contributed by atoms with Gasteiger partial charge in [-0.25, -0.2) is 0 Å². The molecule has 0 heterocycles. The van der Waals surface area contributed by atoms with Crippen molar-refractivity contribution in [1.29, 1.82) is 0 Å². The van der Waals surface area contributed by atoms with Gasteiger partial charge in [0.1, 0.15) is 0 Å². The fraction of sp³-hybridized carbons (Fsp3) is 0.692. The van der Waals surface area contributed by atoms with Gasteiger partial charge in [0.2, 0.25) is 0 Å². The van der Waals surface area contributed by atoms with E-state index in [0.29, 0.717) is 0 Å². The van der Waals surface area contributed by atoms with Crippen LogP contribution in [-0.4, -0.2) is 133 Å². The summed E-state index contributed by atoms with van der Waals surface area (Å²) >= 11 is -3.36. The Labute approximate surface area is 223 Å². The average molecular weight is 612 g/mol. The van der Waals surface area contributed by atoms with E-state index in [0.717, 1.165) is 50.6 Å². The molecular weight excluding hydrogens is 559 g/mol. The van der Waals surface area contributed by atoms with E-state index < -0.39 is 28.0 Å². The van der Waals surface area contributed by atoms with Crippen LogP contribution in [0.2, 0.25) is 0 Å². The molecule has 1 rings (SSSR count). The zero-order valence-corrected chi connectivity index (χ0v) is 28.5. The molecule has 0 saturated heterocycles. The Bertz CT molecular complexity index is 743. The van der Waals surface area contributed by atoms with Gasteiger partial charge in [0.25, 0.3) is 0 Å². The van der Waals surface area contributed by atoms with Crippen molar-refractivity contribution >= 4 is 28.0 Å². The van der Waals surface area contributed by atoms with Gasteiger partial charge in [-0.1, -0.05) is 0 Å². The Balaban J connectivity index is 3.50. The molecule has 0 aliphatic heterocycles. The maximum atomic E-state index is 6.66. The molecular formula is C26H52N6OSiSn. The summed E-state index contributed by atoms with van der Waals surface area (Å²) in [5, 5.41) is 0. The van der Waals surface area contributed by atoms with Crippen LogP contribution in [0.3, 0.4) is 0 Å². The van der Waals surface area contributed by atoms with E-state index in [4.69, 9.17) is 4.43 Å². The molecule has 0 atom stereocenters. The molecule has 0 radical (unpaired) electrons. The van der Waals surface area contributed by atoms with Gasteiger partial charge < -0.3 is 0 Å². The van der Waals surface area contributed by atoms with Crippen molar-refractivity contribution < 1.29 is 4.43 Å².